The van der Waals surface area contributed by atoms with Crippen molar-refractivity contribution in [1.29, 1.82) is 0 Å². The fourth-order valence-corrected chi connectivity index (χ4v) is 3.32. The lowest BCUT2D eigenvalue weighted by Crippen LogP contribution is -2.54. The minimum atomic E-state index is -4.45. The number of rotatable bonds is 5. The number of hydrogen-bond acceptors (Lipinski definition) is 6. The second kappa shape index (κ2) is 8.24. The first-order valence-corrected chi connectivity index (χ1v) is 9.02. The van der Waals surface area contributed by atoms with E-state index in [0.29, 0.717) is 31.1 Å². The number of carbonyl (C=O) groups excluding carboxylic acids is 1. The zero-order chi connectivity index (χ0) is 21.2. The summed E-state index contributed by atoms with van der Waals surface area (Å²) < 4.78 is 45.1. The molecule has 2 N–H and O–H groups in total. The van der Waals surface area contributed by atoms with Gasteiger partial charge in [0.1, 0.15) is 6.61 Å². The predicted octanol–water partition coefficient (Wildman–Crippen LogP) is 2.34. The number of amides is 1. The number of carbonyl (C=O) groups is 1. The second-order valence-electron chi connectivity index (χ2n) is 6.97. The van der Waals surface area contributed by atoms with E-state index in [4.69, 9.17) is 10.5 Å². The lowest BCUT2D eigenvalue weighted by Gasteiger charge is -2.37. The molecule has 1 atom stereocenters. The van der Waals surface area contributed by atoms with Crippen LogP contribution in [0, 0.1) is 6.92 Å². The molecule has 1 aromatic carbocycles. The maximum absolute atomic E-state index is 13.2. The van der Waals surface area contributed by atoms with Gasteiger partial charge in [0.15, 0.2) is 5.75 Å². The van der Waals surface area contributed by atoms with Crippen LogP contribution in [0.3, 0.4) is 0 Å². The Morgan fingerprint density at radius 2 is 2.00 bits per heavy atom. The molecule has 0 spiro atoms. The summed E-state index contributed by atoms with van der Waals surface area (Å²) in [5.74, 6) is 0.343. The number of ether oxygens (including phenoxy) is 1. The van der Waals surface area contributed by atoms with E-state index >= 15 is 0 Å². The molecule has 7 nitrogen and oxygen atoms in total. The van der Waals surface area contributed by atoms with Crippen LogP contribution >= 0.6 is 0 Å². The van der Waals surface area contributed by atoms with Crippen LogP contribution in [-0.2, 0) is 17.6 Å². The summed E-state index contributed by atoms with van der Waals surface area (Å²) in [4.78, 5) is 23.6. The first-order chi connectivity index (χ1) is 13.7. The molecule has 1 aliphatic rings. The van der Waals surface area contributed by atoms with Crippen molar-refractivity contribution in [2.24, 2.45) is 5.73 Å². The molecule has 2 heterocycles. The highest BCUT2D eigenvalue weighted by atomic mass is 19.4. The maximum atomic E-state index is 13.2. The molecule has 3 rings (SSSR count). The van der Waals surface area contributed by atoms with Gasteiger partial charge in [0.2, 0.25) is 11.9 Å². The lowest BCUT2D eigenvalue weighted by molar-refractivity contribution is -0.138. The topological polar surface area (TPSA) is 84.6 Å². The number of alkyl halides is 3. The van der Waals surface area contributed by atoms with Gasteiger partial charge in [-0.15, -0.1) is 0 Å². The van der Waals surface area contributed by atoms with Crippen LogP contribution in [0.5, 0.6) is 5.75 Å². The standard InChI is InChI=1S/C19H22F3N5O2/c1-12-4-3-5-15(19(20,21)22)14(12)10-29-13-8-24-18(25-9-13)27-7-6-16(17(23)28)26(2)11-27/h3-5,8-9,16H,6-7,10-11H2,1-2H3,(H2,23,28). The van der Waals surface area contributed by atoms with E-state index in [1.807, 2.05) is 9.80 Å². The number of anilines is 1. The third kappa shape index (κ3) is 4.76. The van der Waals surface area contributed by atoms with E-state index in [2.05, 4.69) is 9.97 Å². The Bertz CT molecular complexity index is 873. The molecule has 1 amide bonds. The SMILES string of the molecule is Cc1cccc(C(F)(F)F)c1COc1cnc(N2CCC(C(N)=O)N(C)C2)nc1. The average molecular weight is 409 g/mol. The third-order valence-electron chi connectivity index (χ3n) is 4.92. The molecule has 156 valence electrons. The van der Waals surface area contributed by atoms with Gasteiger partial charge in [-0.3, -0.25) is 9.69 Å². The number of benzene rings is 1. The highest BCUT2D eigenvalue weighted by molar-refractivity contribution is 5.80. The molecule has 0 radical (unpaired) electrons. The molecule has 0 saturated carbocycles. The van der Waals surface area contributed by atoms with E-state index in [0.717, 1.165) is 6.07 Å². The lowest BCUT2D eigenvalue weighted by atomic mass is 10.0. The molecule has 1 aromatic heterocycles. The molecule has 29 heavy (non-hydrogen) atoms. The van der Waals surface area contributed by atoms with Gasteiger partial charge in [-0.05, 0) is 32.0 Å². The molecule has 10 heteroatoms. The molecule has 1 fully saturated rings. The number of hydrogen-bond donors (Lipinski definition) is 1. The first-order valence-electron chi connectivity index (χ1n) is 9.02. The molecule has 2 aromatic rings. The molecule has 1 aliphatic heterocycles. The highest BCUT2D eigenvalue weighted by Crippen LogP contribution is 2.33. The Balaban J connectivity index is 1.66. The minimum absolute atomic E-state index is 0.0826. The zero-order valence-corrected chi connectivity index (χ0v) is 16.1. The third-order valence-corrected chi connectivity index (χ3v) is 4.92. The quantitative estimate of drug-likeness (QED) is 0.816. The monoisotopic (exact) mass is 409 g/mol. The molecular formula is C19H22F3N5O2. The number of nitrogens with zero attached hydrogens (tertiary/aromatic N) is 4. The van der Waals surface area contributed by atoms with E-state index in [1.54, 1.807) is 20.0 Å². The molecule has 0 bridgehead atoms. The van der Waals surface area contributed by atoms with Gasteiger partial charge in [0.05, 0.1) is 30.7 Å². The number of aromatic nitrogens is 2. The van der Waals surface area contributed by atoms with Gasteiger partial charge < -0.3 is 15.4 Å². The van der Waals surface area contributed by atoms with E-state index in [-0.39, 0.29) is 29.9 Å². The van der Waals surface area contributed by atoms with Crippen molar-refractivity contribution in [2.75, 3.05) is 25.2 Å². The highest BCUT2D eigenvalue weighted by Gasteiger charge is 2.34. The van der Waals surface area contributed by atoms with Crippen LogP contribution in [-0.4, -0.2) is 47.1 Å². The smallest absolute Gasteiger partial charge is 0.416 e. The Kier molecular flexibility index (Phi) is 5.92. The Labute approximate surface area is 166 Å². The number of nitrogens with two attached hydrogens (primary N) is 1. The Morgan fingerprint density at radius 1 is 1.31 bits per heavy atom. The van der Waals surface area contributed by atoms with Crippen molar-refractivity contribution in [3.8, 4) is 5.75 Å². The average Bonchev–Trinajstić information content (AvgIpc) is 2.66. The molecular weight excluding hydrogens is 387 g/mol. The zero-order valence-electron chi connectivity index (χ0n) is 16.1. The summed E-state index contributed by atoms with van der Waals surface area (Å²) in [7, 11) is 1.79. The second-order valence-corrected chi connectivity index (χ2v) is 6.97. The summed E-state index contributed by atoms with van der Waals surface area (Å²) >= 11 is 0. The van der Waals surface area contributed by atoms with Crippen LogP contribution in [0.15, 0.2) is 30.6 Å². The van der Waals surface area contributed by atoms with Gasteiger partial charge in [-0.25, -0.2) is 9.97 Å². The Hall–Kier alpha value is -2.88. The summed E-state index contributed by atoms with van der Waals surface area (Å²) in [6, 6.07) is 3.70. The minimum Gasteiger partial charge on any atom is -0.486 e. The van der Waals surface area contributed by atoms with Crippen LogP contribution in [0.25, 0.3) is 0 Å². The fourth-order valence-electron chi connectivity index (χ4n) is 3.32. The van der Waals surface area contributed by atoms with E-state index < -0.39 is 11.7 Å². The number of primary amides is 1. The van der Waals surface area contributed by atoms with Crippen molar-refractivity contribution in [3.05, 3.63) is 47.3 Å². The van der Waals surface area contributed by atoms with Gasteiger partial charge in [-0.2, -0.15) is 13.2 Å². The first kappa shape index (κ1) is 20.8. The van der Waals surface area contributed by atoms with Crippen molar-refractivity contribution in [3.63, 3.8) is 0 Å². The van der Waals surface area contributed by atoms with Gasteiger partial charge >= 0.3 is 6.18 Å². The number of likely N-dealkylation sites (N-methyl/N-ethyl adjacent to an activating group) is 1. The van der Waals surface area contributed by atoms with E-state index in [1.165, 1.54) is 18.5 Å². The largest absolute Gasteiger partial charge is 0.486 e. The fraction of sp³-hybridized carbons (Fsp3) is 0.421. The van der Waals surface area contributed by atoms with Gasteiger partial charge in [-0.1, -0.05) is 12.1 Å². The predicted molar refractivity (Wildman–Crippen MR) is 100 cm³/mol. The van der Waals surface area contributed by atoms with Crippen molar-refractivity contribution >= 4 is 11.9 Å². The molecule has 1 unspecified atom stereocenters. The van der Waals surface area contributed by atoms with Crippen LogP contribution in [0.4, 0.5) is 19.1 Å². The van der Waals surface area contributed by atoms with Crippen molar-refractivity contribution in [2.45, 2.75) is 32.2 Å². The van der Waals surface area contributed by atoms with Crippen molar-refractivity contribution < 1.29 is 22.7 Å². The van der Waals surface area contributed by atoms with E-state index in [9.17, 15) is 18.0 Å². The summed E-state index contributed by atoms with van der Waals surface area (Å²) in [5.41, 5.74) is 5.24. The number of aryl methyl sites for hydroxylation is 1. The maximum Gasteiger partial charge on any atom is 0.416 e. The summed E-state index contributed by atoms with van der Waals surface area (Å²) in [6.45, 7) is 2.37. The molecule has 0 aliphatic carbocycles. The van der Waals surface area contributed by atoms with Crippen molar-refractivity contribution in [1.82, 2.24) is 14.9 Å². The van der Waals surface area contributed by atoms with Crippen LogP contribution < -0.4 is 15.4 Å². The van der Waals surface area contributed by atoms with Crippen LogP contribution in [0.2, 0.25) is 0 Å². The number of halogens is 3. The summed E-state index contributed by atoms with van der Waals surface area (Å²) in [6.07, 6.45) is -1.04. The van der Waals surface area contributed by atoms with Crippen LogP contribution in [0.1, 0.15) is 23.1 Å². The van der Waals surface area contributed by atoms with Gasteiger partial charge in [0, 0.05) is 12.1 Å². The van der Waals surface area contributed by atoms with Gasteiger partial charge in [0.25, 0.3) is 0 Å². The Morgan fingerprint density at radius 3 is 2.59 bits per heavy atom. The normalized spacial score (nSPS) is 18.0. The summed E-state index contributed by atoms with van der Waals surface area (Å²) in [5, 5.41) is 0. The molecule has 1 saturated heterocycles.